The number of hydrogen-bond donors (Lipinski definition) is 2. The standard InChI is InChI=1S/C41H38ClFN6O4/c1-24-17-29(20-31-38(24)47-40(51)41(31)12-13-41)44-39(50)26-6-8-34-35(18-26)49(21-30-11-16-52-30)36(45-34)22-48-14-9-25(10-15-48)33-3-2-4-37(46-33)53-23-27-5-7-28(42)19-32(27)43/h2-9,17-20,30H,10-16,21-23H2,1H3,(H,44,50)(H,47,51)/t30-/m0/s1. The van der Waals surface area contributed by atoms with Gasteiger partial charge in [-0.05, 0) is 97.8 Å². The van der Waals surface area contributed by atoms with Crippen molar-refractivity contribution in [3.05, 3.63) is 117 Å². The van der Waals surface area contributed by atoms with Crippen molar-refractivity contribution in [3.63, 3.8) is 0 Å². The van der Waals surface area contributed by atoms with Gasteiger partial charge in [0, 0.05) is 53.3 Å². The van der Waals surface area contributed by atoms with E-state index in [1.165, 1.54) is 6.07 Å². The van der Waals surface area contributed by atoms with E-state index in [1.807, 2.05) is 49.4 Å². The number of aromatic nitrogens is 3. The summed E-state index contributed by atoms with van der Waals surface area (Å²) in [6, 6.07) is 19.7. The lowest BCUT2D eigenvalue weighted by atomic mass is 9.95. The summed E-state index contributed by atoms with van der Waals surface area (Å²) in [6.07, 6.45) is 5.75. The Morgan fingerprint density at radius 1 is 1.13 bits per heavy atom. The van der Waals surface area contributed by atoms with Gasteiger partial charge in [0.2, 0.25) is 11.8 Å². The van der Waals surface area contributed by atoms with Crippen molar-refractivity contribution < 1.29 is 23.5 Å². The van der Waals surface area contributed by atoms with E-state index in [0.29, 0.717) is 40.8 Å². The zero-order valence-corrected chi connectivity index (χ0v) is 30.0. The lowest BCUT2D eigenvalue weighted by Crippen LogP contribution is -2.33. The molecule has 0 bridgehead atoms. The van der Waals surface area contributed by atoms with Gasteiger partial charge < -0.3 is 24.7 Å². The van der Waals surface area contributed by atoms with Gasteiger partial charge in [0.25, 0.3) is 5.91 Å². The van der Waals surface area contributed by atoms with E-state index in [-0.39, 0.29) is 24.5 Å². The molecule has 9 rings (SSSR count). The quantitative estimate of drug-likeness (QED) is 0.154. The summed E-state index contributed by atoms with van der Waals surface area (Å²) in [4.78, 5) is 38.4. The van der Waals surface area contributed by atoms with Crippen LogP contribution in [0.4, 0.5) is 15.8 Å². The van der Waals surface area contributed by atoms with Crippen LogP contribution in [-0.4, -0.2) is 57.0 Å². The third-order valence-electron chi connectivity index (χ3n) is 10.9. The summed E-state index contributed by atoms with van der Waals surface area (Å²) in [7, 11) is 0. The van der Waals surface area contributed by atoms with E-state index >= 15 is 0 Å². The number of carbonyl (C=O) groups is 2. The lowest BCUT2D eigenvalue weighted by Gasteiger charge is -2.29. The van der Waals surface area contributed by atoms with Crippen LogP contribution in [0.1, 0.15) is 64.2 Å². The number of benzene rings is 3. The Labute approximate surface area is 311 Å². The molecular formula is C41H38ClFN6O4. The first-order chi connectivity index (χ1) is 25.7. The van der Waals surface area contributed by atoms with Crippen LogP contribution in [0.5, 0.6) is 5.88 Å². The number of rotatable bonds is 10. The largest absolute Gasteiger partial charge is 0.473 e. The van der Waals surface area contributed by atoms with E-state index in [9.17, 15) is 14.0 Å². The molecule has 0 unspecified atom stereocenters. The normalized spacial score (nSPS) is 18.7. The maximum absolute atomic E-state index is 14.2. The summed E-state index contributed by atoms with van der Waals surface area (Å²) in [5.41, 5.74) is 7.70. The van der Waals surface area contributed by atoms with Crippen molar-refractivity contribution in [1.29, 1.82) is 0 Å². The molecule has 1 saturated carbocycles. The van der Waals surface area contributed by atoms with Crippen LogP contribution in [0.25, 0.3) is 16.6 Å². The predicted octanol–water partition coefficient (Wildman–Crippen LogP) is 7.43. The van der Waals surface area contributed by atoms with Gasteiger partial charge >= 0.3 is 0 Å². The van der Waals surface area contributed by atoms with Crippen molar-refractivity contribution in [2.24, 2.45) is 0 Å². The van der Waals surface area contributed by atoms with Gasteiger partial charge in [-0.3, -0.25) is 14.5 Å². The molecule has 2 amide bonds. The van der Waals surface area contributed by atoms with Gasteiger partial charge in [-0.15, -0.1) is 0 Å². The highest BCUT2D eigenvalue weighted by molar-refractivity contribution is 6.30. The molecule has 12 heteroatoms. The molecule has 2 aromatic heterocycles. The number of carbonyl (C=O) groups excluding carboxylic acids is 2. The number of aryl methyl sites for hydroxylation is 1. The molecule has 0 radical (unpaired) electrons. The number of pyridine rings is 1. The van der Waals surface area contributed by atoms with Crippen LogP contribution in [-0.2, 0) is 34.6 Å². The second kappa shape index (κ2) is 13.4. The highest BCUT2D eigenvalue weighted by atomic mass is 35.5. The van der Waals surface area contributed by atoms with Crippen LogP contribution in [0.15, 0.2) is 72.8 Å². The minimum Gasteiger partial charge on any atom is -0.473 e. The molecule has 53 heavy (non-hydrogen) atoms. The van der Waals surface area contributed by atoms with Gasteiger partial charge in [-0.1, -0.05) is 29.8 Å². The number of halogens is 2. The SMILES string of the molecule is Cc1cc(NC(=O)c2ccc3nc(CN4CC=C(c5cccc(OCc6ccc(Cl)cc6F)n5)CC4)n(C[C@@H]4CCO4)c3c2)cc2c1NC(=O)C21CC1. The molecular weight excluding hydrogens is 695 g/mol. The molecule has 2 N–H and O–H groups in total. The summed E-state index contributed by atoms with van der Waals surface area (Å²) < 4.78 is 28.1. The first-order valence-electron chi connectivity index (χ1n) is 18.1. The van der Waals surface area contributed by atoms with Crippen molar-refractivity contribution in [2.75, 3.05) is 30.3 Å². The zero-order valence-electron chi connectivity index (χ0n) is 29.3. The van der Waals surface area contributed by atoms with Crippen molar-refractivity contribution in [3.8, 4) is 5.88 Å². The maximum atomic E-state index is 14.2. The minimum atomic E-state index is -0.434. The Kier molecular flexibility index (Phi) is 8.52. The van der Waals surface area contributed by atoms with E-state index in [0.717, 1.165) is 90.3 Å². The van der Waals surface area contributed by atoms with Gasteiger partial charge in [0.05, 0.1) is 41.3 Å². The van der Waals surface area contributed by atoms with Gasteiger partial charge in [0.1, 0.15) is 18.2 Å². The van der Waals surface area contributed by atoms with Crippen LogP contribution >= 0.6 is 11.6 Å². The third kappa shape index (κ3) is 6.47. The van der Waals surface area contributed by atoms with Crippen molar-refractivity contribution in [2.45, 2.75) is 63.8 Å². The summed E-state index contributed by atoms with van der Waals surface area (Å²) in [6.45, 7) is 5.60. The van der Waals surface area contributed by atoms with Gasteiger partial charge in [-0.25, -0.2) is 14.4 Å². The molecule has 10 nitrogen and oxygen atoms in total. The Morgan fingerprint density at radius 2 is 2.00 bits per heavy atom. The average Bonchev–Trinajstić information content (AvgIpc) is 3.81. The maximum Gasteiger partial charge on any atom is 0.255 e. The fourth-order valence-corrected chi connectivity index (χ4v) is 7.76. The Hall–Kier alpha value is -5.10. The molecule has 1 aliphatic carbocycles. The highest BCUT2D eigenvalue weighted by Crippen LogP contribution is 2.56. The predicted molar refractivity (Wildman–Crippen MR) is 201 cm³/mol. The zero-order chi connectivity index (χ0) is 36.3. The molecule has 5 heterocycles. The fraction of sp³-hybridized carbons (Fsp3) is 0.317. The number of imidazole rings is 1. The molecule has 3 aromatic carbocycles. The number of nitrogens with one attached hydrogen (secondary N) is 2. The van der Waals surface area contributed by atoms with Crippen LogP contribution in [0.3, 0.4) is 0 Å². The number of fused-ring (bicyclic) bond motifs is 3. The van der Waals surface area contributed by atoms with Crippen LogP contribution in [0.2, 0.25) is 5.02 Å². The number of nitrogens with zero attached hydrogens (tertiary/aromatic N) is 4. The summed E-state index contributed by atoms with van der Waals surface area (Å²) in [5.74, 6) is 0.797. The molecule has 270 valence electrons. The minimum absolute atomic E-state index is 0.0569. The van der Waals surface area contributed by atoms with Gasteiger partial charge in [-0.2, -0.15) is 0 Å². The Morgan fingerprint density at radius 3 is 2.75 bits per heavy atom. The molecule has 1 spiro atoms. The molecule has 3 aliphatic heterocycles. The summed E-state index contributed by atoms with van der Waals surface area (Å²) >= 11 is 5.88. The lowest BCUT2D eigenvalue weighted by molar-refractivity contribution is -0.117. The van der Waals surface area contributed by atoms with Crippen molar-refractivity contribution in [1.82, 2.24) is 19.4 Å². The average molecular weight is 733 g/mol. The molecule has 5 aromatic rings. The first-order valence-corrected chi connectivity index (χ1v) is 18.4. The molecule has 2 fully saturated rings. The number of anilines is 2. The third-order valence-corrected chi connectivity index (χ3v) is 11.1. The van der Waals surface area contributed by atoms with E-state index < -0.39 is 11.2 Å². The van der Waals surface area contributed by atoms with Crippen molar-refractivity contribution >= 4 is 51.4 Å². The number of amides is 2. The Bertz CT molecular complexity index is 2330. The van der Waals surface area contributed by atoms with E-state index in [2.05, 4.69) is 26.2 Å². The summed E-state index contributed by atoms with van der Waals surface area (Å²) in [5, 5.41) is 6.47. The second-order valence-corrected chi connectivity index (χ2v) is 14.9. The smallest absolute Gasteiger partial charge is 0.255 e. The van der Waals surface area contributed by atoms with Crippen LogP contribution < -0.4 is 15.4 Å². The van der Waals surface area contributed by atoms with E-state index in [4.69, 9.17) is 31.0 Å². The fourth-order valence-electron chi connectivity index (χ4n) is 7.61. The number of hydrogen-bond acceptors (Lipinski definition) is 7. The van der Waals surface area contributed by atoms with Crippen LogP contribution in [0, 0.1) is 12.7 Å². The topological polar surface area (TPSA) is 111 Å². The first kappa shape index (κ1) is 33.7. The molecule has 1 atom stereocenters. The second-order valence-electron chi connectivity index (χ2n) is 14.4. The number of ether oxygens (including phenoxy) is 2. The van der Waals surface area contributed by atoms with Gasteiger partial charge in [0.15, 0.2) is 0 Å². The molecule has 1 saturated heterocycles. The van der Waals surface area contributed by atoms with E-state index in [1.54, 1.807) is 18.2 Å². The molecule has 4 aliphatic rings. The highest BCUT2D eigenvalue weighted by Gasteiger charge is 2.56. The Balaban J connectivity index is 0.904. The monoisotopic (exact) mass is 732 g/mol.